The predicted molar refractivity (Wildman–Crippen MR) is 104 cm³/mol. The summed E-state index contributed by atoms with van der Waals surface area (Å²) in [4.78, 5) is 17.5. The molecular formula is C21H20N2OS. The van der Waals surface area contributed by atoms with Crippen molar-refractivity contribution >= 4 is 23.4 Å². The van der Waals surface area contributed by atoms with E-state index < -0.39 is 0 Å². The highest BCUT2D eigenvalue weighted by molar-refractivity contribution is 8.00. The highest BCUT2D eigenvalue weighted by atomic mass is 32.2. The van der Waals surface area contributed by atoms with E-state index in [9.17, 15) is 4.79 Å². The summed E-state index contributed by atoms with van der Waals surface area (Å²) < 4.78 is 0. The number of carbonyl (C=O) groups excluding carboxylic acids is 1. The summed E-state index contributed by atoms with van der Waals surface area (Å²) >= 11 is 1.56. The molecule has 1 amide bonds. The lowest BCUT2D eigenvalue weighted by molar-refractivity contribution is -0.115. The average Bonchev–Trinajstić information content (AvgIpc) is 2.65. The molecular weight excluding hydrogens is 328 g/mol. The molecule has 0 unspecified atom stereocenters. The first kappa shape index (κ1) is 17.2. The Morgan fingerprint density at radius 3 is 2.28 bits per heavy atom. The third kappa shape index (κ3) is 5.19. The minimum Gasteiger partial charge on any atom is -0.325 e. The molecule has 126 valence electrons. The molecule has 0 aliphatic carbocycles. The zero-order valence-corrected chi connectivity index (χ0v) is 14.9. The van der Waals surface area contributed by atoms with E-state index in [4.69, 9.17) is 0 Å². The summed E-state index contributed by atoms with van der Waals surface area (Å²) in [7, 11) is 0. The molecule has 3 nitrogen and oxygen atoms in total. The minimum absolute atomic E-state index is 0.00994. The number of carbonyl (C=O) groups is 1. The normalized spacial score (nSPS) is 11.7. The Kier molecular flexibility index (Phi) is 5.86. The zero-order valence-electron chi connectivity index (χ0n) is 14.1. The van der Waals surface area contributed by atoms with Crippen molar-refractivity contribution in [1.82, 2.24) is 4.98 Å². The molecule has 1 aromatic heterocycles. The van der Waals surface area contributed by atoms with Gasteiger partial charge in [-0.15, -0.1) is 11.8 Å². The number of rotatable bonds is 6. The minimum atomic E-state index is -0.154. The van der Waals surface area contributed by atoms with Gasteiger partial charge in [0.25, 0.3) is 0 Å². The van der Waals surface area contributed by atoms with E-state index in [1.54, 1.807) is 24.2 Å². The number of nitrogens with zero attached hydrogens (tertiary/aromatic N) is 1. The smallest absolute Gasteiger partial charge is 0.237 e. The number of hydrogen-bond acceptors (Lipinski definition) is 3. The number of pyridine rings is 1. The third-order valence-corrected chi connectivity index (χ3v) is 4.92. The van der Waals surface area contributed by atoms with E-state index >= 15 is 0 Å². The van der Waals surface area contributed by atoms with E-state index in [1.807, 2.05) is 73.7 Å². The Labute approximate surface area is 152 Å². The van der Waals surface area contributed by atoms with Crippen LogP contribution >= 0.6 is 11.8 Å². The fourth-order valence-corrected chi connectivity index (χ4v) is 3.33. The van der Waals surface area contributed by atoms with Crippen LogP contribution in [0, 0.1) is 0 Å². The molecule has 0 fully saturated rings. The first-order valence-electron chi connectivity index (χ1n) is 8.21. The van der Waals surface area contributed by atoms with Gasteiger partial charge < -0.3 is 5.32 Å². The Bertz CT molecular complexity index is 804. The van der Waals surface area contributed by atoms with Crippen LogP contribution < -0.4 is 5.32 Å². The summed E-state index contributed by atoms with van der Waals surface area (Å²) in [5.41, 5.74) is 3.25. The summed E-state index contributed by atoms with van der Waals surface area (Å²) in [6.07, 6.45) is 4.46. The maximum Gasteiger partial charge on any atom is 0.237 e. The van der Waals surface area contributed by atoms with Crippen molar-refractivity contribution in [3.63, 3.8) is 0 Å². The first-order chi connectivity index (χ1) is 12.2. The lowest BCUT2D eigenvalue weighted by atomic mass is 10.1. The maximum absolute atomic E-state index is 12.4. The van der Waals surface area contributed by atoms with Crippen molar-refractivity contribution < 1.29 is 4.79 Å². The van der Waals surface area contributed by atoms with Crippen LogP contribution in [0.2, 0.25) is 0 Å². The Hall–Kier alpha value is -2.59. The van der Waals surface area contributed by atoms with Crippen LogP contribution in [-0.2, 0) is 11.2 Å². The van der Waals surface area contributed by atoms with Gasteiger partial charge in [-0.05, 0) is 60.9 Å². The fraction of sp³-hybridized carbons (Fsp3) is 0.143. The van der Waals surface area contributed by atoms with Gasteiger partial charge in [0.15, 0.2) is 0 Å². The molecule has 4 heteroatoms. The van der Waals surface area contributed by atoms with E-state index in [0.29, 0.717) is 0 Å². The number of thioether (sulfide) groups is 1. The number of nitrogens with one attached hydrogen (secondary N) is 1. The van der Waals surface area contributed by atoms with Crippen LogP contribution in [-0.4, -0.2) is 16.1 Å². The molecule has 1 N–H and O–H groups in total. The van der Waals surface area contributed by atoms with Crippen LogP contribution in [0.25, 0.3) is 0 Å². The molecule has 3 rings (SSSR count). The van der Waals surface area contributed by atoms with Crippen molar-refractivity contribution in [3.8, 4) is 0 Å². The van der Waals surface area contributed by atoms with Crippen molar-refractivity contribution in [2.45, 2.75) is 23.5 Å². The molecule has 2 aromatic carbocycles. The second-order valence-corrected chi connectivity index (χ2v) is 7.21. The molecule has 0 spiro atoms. The molecule has 25 heavy (non-hydrogen) atoms. The van der Waals surface area contributed by atoms with Gasteiger partial charge in [-0.3, -0.25) is 9.78 Å². The molecule has 0 radical (unpaired) electrons. The molecule has 1 heterocycles. The Morgan fingerprint density at radius 2 is 1.60 bits per heavy atom. The van der Waals surface area contributed by atoms with Crippen LogP contribution in [0.4, 0.5) is 5.69 Å². The lowest BCUT2D eigenvalue weighted by Gasteiger charge is -2.12. The van der Waals surface area contributed by atoms with Crippen molar-refractivity contribution in [2.24, 2.45) is 0 Å². The van der Waals surface area contributed by atoms with Gasteiger partial charge in [-0.1, -0.05) is 30.3 Å². The van der Waals surface area contributed by atoms with Crippen molar-refractivity contribution in [3.05, 3.63) is 90.3 Å². The quantitative estimate of drug-likeness (QED) is 0.651. The largest absolute Gasteiger partial charge is 0.325 e. The second kappa shape index (κ2) is 8.49. The molecule has 0 bridgehead atoms. The summed E-state index contributed by atoms with van der Waals surface area (Å²) in [6.45, 7) is 1.92. The van der Waals surface area contributed by atoms with E-state index in [0.717, 1.165) is 17.0 Å². The zero-order chi connectivity index (χ0) is 17.5. The Balaban J connectivity index is 1.56. The van der Waals surface area contributed by atoms with Gasteiger partial charge in [-0.2, -0.15) is 0 Å². The van der Waals surface area contributed by atoms with Gasteiger partial charge in [0.05, 0.1) is 5.25 Å². The number of hydrogen-bond donors (Lipinski definition) is 1. The summed E-state index contributed by atoms with van der Waals surface area (Å²) in [5.74, 6) is 0.00994. The fourth-order valence-electron chi connectivity index (χ4n) is 2.44. The number of aromatic nitrogens is 1. The van der Waals surface area contributed by atoms with Gasteiger partial charge in [-0.25, -0.2) is 0 Å². The van der Waals surface area contributed by atoms with E-state index in [1.165, 1.54) is 11.1 Å². The molecule has 0 aliphatic rings. The Morgan fingerprint density at radius 1 is 0.960 bits per heavy atom. The van der Waals surface area contributed by atoms with Gasteiger partial charge in [0.1, 0.15) is 0 Å². The summed E-state index contributed by atoms with van der Waals surface area (Å²) in [6, 6.07) is 22.0. The topological polar surface area (TPSA) is 42.0 Å². The molecule has 3 aromatic rings. The number of benzene rings is 2. The van der Waals surface area contributed by atoms with Gasteiger partial charge >= 0.3 is 0 Å². The van der Waals surface area contributed by atoms with Crippen LogP contribution in [0.5, 0.6) is 0 Å². The van der Waals surface area contributed by atoms with Crippen molar-refractivity contribution in [2.75, 3.05) is 5.32 Å². The first-order valence-corrected chi connectivity index (χ1v) is 9.09. The molecule has 0 saturated heterocycles. The maximum atomic E-state index is 12.4. The highest BCUT2D eigenvalue weighted by Crippen LogP contribution is 2.24. The van der Waals surface area contributed by atoms with Gasteiger partial charge in [0, 0.05) is 23.0 Å². The molecule has 0 aliphatic heterocycles. The lowest BCUT2D eigenvalue weighted by Crippen LogP contribution is -2.22. The molecule has 0 saturated carbocycles. The second-order valence-electron chi connectivity index (χ2n) is 5.79. The van der Waals surface area contributed by atoms with E-state index in [-0.39, 0.29) is 11.2 Å². The van der Waals surface area contributed by atoms with Gasteiger partial charge in [0.2, 0.25) is 5.91 Å². The number of anilines is 1. The number of amides is 1. The van der Waals surface area contributed by atoms with E-state index in [2.05, 4.69) is 10.3 Å². The van der Waals surface area contributed by atoms with Crippen LogP contribution in [0.1, 0.15) is 18.1 Å². The van der Waals surface area contributed by atoms with Crippen LogP contribution in [0.3, 0.4) is 0 Å². The standard InChI is InChI=1S/C21H20N2OS/c1-16(25-20-5-3-2-4-6-20)21(24)23-19-9-7-17(8-10-19)15-18-11-13-22-14-12-18/h2-14,16H,15H2,1H3,(H,23,24)/t16-/m0/s1. The highest BCUT2D eigenvalue weighted by Gasteiger charge is 2.14. The van der Waals surface area contributed by atoms with Crippen molar-refractivity contribution in [1.29, 1.82) is 0 Å². The predicted octanol–water partition coefficient (Wildman–Crippen LogP) is 4.79. The SMILES string of the molecule is C[C@H](Sc1ccccc1)C(=O)Nc1ccc(Cc2ccncc2)cc1. The average molecular weight is 348 g/mol. The monoisotopic (exact) mass is 348 g/mol. The summed E-state index contributed by atoms with van der Waals surface area (Å²) in [5, 5.41) is 2.83. The third-order valence-electron chi connectivity index (χ3n) is 3.80. The molecule has 1 atom stereocenters. The van der Waals surface area contributed by atoms with Crippen LogP contribution in [0.15, 0.2) is 84.0 Å².